The van der Waals surface area contributed by atoms with Gasteiger partial charge in [-0.05, 0) is 31.4 Å². The summed E-state index contributed by atoms with van der Waals surface area (Å²) >= 11 is 0. The number of carbonyl (C=O) groups is 2. The average molecular weight is 346 g/mol. The Labute approximate surface area is 151 Å². The zero-order valence-corrected chi connectivity index (χ0v) is 15.5. The molecule has 0 saturated heterocycles. The summed E-state index contributed by atoms with van der Waals surface area (Å²) in [6, 6.07) is 6.64. The van der Waals surface area contributed by atoms with Crippen LogP contribution >= 0.6 is 0 Å². The summed E-state index contributed by atoms with van der Waals surface area (Å²) < 4.78 is 10.5. The lowest BCUT2D eigenvalue weighted by atomic mass is 10.1. The fraction of sp³-hybridized carbons (Fsp3) is 0.524. The number of rotatable bonds is 12. The number of allylic oxidation sites excluding steroid dienone is 1. The largest absolute Gasteiger partial charge is 0.462 e. The predicted molar refractivity (Wildman–Crippen MR) is 99.8 cm³/mol. The summed E-state index contributed by atoms with van der Waals surface area (Å²) in [6.07, 6.45) is 11.1. The molecule has 0 heterocycles. The highest BCUT2D eigenvalue weighted by atomic mass is 16.5. The Balaban J connectivity index is 2.50. The van der Waals surface area contributed by atoms with E-state index in [4.69, 9.17) is 9.47 Å². The van der Waals surface area contributed by atoms with Crippen LogP contribution in [0.15, 0.2) is 36.4 Å². The third kappa shape index (κ3) is 8.52. The standard InChI is InChI=1S/C21H30O4/c1-3-5-7-9-13-17-25-21(23)19-15-11-10-14-18(19)20(22)24-16-12-8-6-4-2/h6,8,10-11,14-15H,3-5,7,9,12-13,16-17H2,1-2H3/b8-6+. The number of ether oxygens (including phenoxy) is 2. The van der Waals surface area contributed by atoms with Crippen molar-refractivity contribution in [1.29, 1.82) is 0 Å². The minimum absolute atomic E-state index is 0.262. The molecule has 0 N–H and O–H groups in total. The Hall–Kier alpha value is -2.10. The monoisotopic (exact) mass is 346 g/mol. The Kier molecular flexibility index (Phi) is 11.1. The number of hydrogen-bond acceptors (Lipinski definition) is 4. The first kappa shape index (κ1) is 20.9. The smallest absolute Gasteiger partial charge is 0.339 e. The van der Waals surface area contributed by atoms with Gasteiger partial charge >= 0.3 is 11.9 Å². The van der Waals surface area contributed by atoms with Crippen LogP contribution in [-0.2, 0) is 9.47 Å². The lowest BCUT2D eigenvalue weighted by Crippen LogP contribution is -2.14. The minimum Gasteiger partial charge on any atom is -0.462 e. The Morgan fingerprint density at radius 3 is 2.04 bits per heavy atom. The van der Waals surface area contributed by atoms with Crippen molar-refractivity contribution in [3.8, 4) is 0 Å². The average Bonchev–Trinajstić information content (AvgIpc) is 2.64. The van der Waals surface area contributed by atoms with Crippen molar-refractivity contribution in [2.24, 2.45) is 0 Å². The molecule has 0 aliphatic heterocycles. The summed E-state index contributed by atoms with van der Waals surface area (Å²) in [5.41, 5.74) is 0.531. The Morgan fingerprint density at radius 1 is 0.840 bits per heavy atom. The molecule has 0 aliphatic carbocycles. The van der Waals surface area contributed by atoms with Crippen LogP contribution in [0.1, 0.15) is 79.5 Å². The number of carbonyl (C=O) groups excluding carboxylic acids is 2. The molecular weight excluding hydrogens is 316 g/mol. The Morgan fingerprint density at radius 2 is 1.44 bits per heavy atom. The normalized spacial score (nSPS) is 10.8. The Bertz CT molecular complexity index is 549. The van der Waals surface area contributed by atoms with Crippen LogP contribution in [-0.4, -0.2) is 25.2 Å². The van der Waals surface area contributed by atoms with Gasteiger partial charge in [0.15, 0.2) is 0 Å². The minimum atomic E-state index is -0.486. The van der Waals surface area contributed by atoms with Gasteiger partial charge in [-0.1, -0.05) is 63.8 Å². The topological polar surface area (TPSA) is 52.6 Å². The maximum absolute atomic E-state index is 12.2. The van der Waals surface area contributed by atoms with Gasteiger partial charge in [-0.3, -0.25) is 0 Å². The van der Waals surface area contributed by atoms with Crippen molar-refractivity contribution in [2.45, 2.75) is 58.8 Å². The highest BCUT2D eigenvalue weighted by molar-refractivity contribution is 6.03. The van der Waals surface area contributed by atoms with Crippen molar-refractivity contribution in [1.82, 2.24) is 0 Å². The summed E-state index contributed by atoms with van der Waals surface area (Å²) in [7, 11) is 0. The molecule has 0 amide bonds. The fourth-order valence-electron chi connectivity index (χ4n) is 2.37. The molecule has 25 heavy (non-hydrogen) atoms. The van der Waals surface area contributed by atoms with Gasteiger partial charge in [0.05, 0.1) is 24.3 Å². The van der Waals surface area contributed by atoms with Crippen LogP contribution in [0.3, 0.4) is 0 Å². The zero-order chi connectivity index (χ0) is 18.3. The number of unbranched alkanes of at least 4 members (excludes halogenated alkanes) is 4. The second kappa shape index (κ2) is 13.2. The molecule has 1 aromatic rings. The third-order valence-electron chi connectivity index (χ3n) is 3.77. The molecule has 0 fully saturated rings. The van der Waals surface area contributed by atoms with Crippen molar-refractivity contribution >= 4 is 11.9 Å². The molecule has 1 aromatic carbocycles. The van der Waals surface area contributed by atoms with Gasteiger partial charge in [0.25, 0.3) is 0 Å². The van der Waals surface area contributed by atoms with Crippen molar-refractivity contribution in [2.75, 3.05) is 13.2 Å². The van der Waals surface area contributed by atoms with Gasteiger partial charge in [0, 0.05) is 0 Å². The summed E-state index contributed by atoms with van der Waals surface area (Å²) in [5, 5.41) is 0. The van der Waals surface area contributed by atoms with Gasteiger partial charge in [-0.25, -0.2) is 9.59 Å². The van der Waals surface area contributed by atoms with E-state index in [0.29, 0.717) is 19.6 Å². The number of benzene rings is 1. The molecule has 138 valence electrons. The van der Waals surface area contributed by atoms with Gasteiger partial charge in [0.2, 0.25) is 0 Å². The second-order valence-corrected chi connectivity index (χ2v) is 5.90. The molecule has 0 radical (unpaired) electrons. The van der Waals surface area contributed by atoms with Crippen molar-refractivity contribution in [3.05, 3.63) is 47.5 Å². The van der Waals surface area contributed by atoms with Crippen LogP contribution in [0, 0.1) is 0 Å². The van der Waals surface area contributed by atoms with Crippen LogP contribution in [0.5, 0.6) is 0 Å². The van der Waals surface area contributed by atoms with Crippen LogP contribution in [0.4, 0.5) is 0 Å². The highest BCUT2D eigenvalue weighted by Crippen LogP contribution is 2.13. The molecule has 0 atom stereocenters. The first-order valence-electron chi connectivity index (χ1n) is 9.29. The van der Waals surface area contributed by atoms with E-state index in [9.17, 15) is 9.59 Å². The summed E-state index contributed by atoms with van der Waals surface area (Å²) in [6.45, 7) is 4.90. The van der Waals surface area contributed by atoms with Gasteiger partial charge in [-0.15, -0.1) is 0 Å². The van der Waals surface area contributed by atoms with Gasteiger partial charge in [-0.2, -0.15) is 0 Å². The van der Waals surface area contributed by atoms with E-state index in [1.54, 1.807) is 24.3 Å². The molecule has 4 nitrogen and oxygen atoms in total. The molecule has 4 heteroatoms. The molecular formula is C21H30O4. The van der Waals surface area contributed by atoms with E-state index in [1.807, 2.05) is 19.1 Å². The maximum atomic E-state index is 12.2. The molecule has 0 saturated carbocycles. The van der Waals surface area contributed by atoms with Crippen LogP contribution < -0.4 is 0 Å². The first-order chi connectivity index (χ1) is 12.2. The number of esters is 2. The van der Waals surface area contributed by atoms with Gasteiger partial charge < -0.3 is 9.47 Å². The molecule has 0 bridgehead atoms. The first-order valence-corrected chi connectivity index (χ1v) is 9.29. The summed E-state index contributed by atoms with van der Waals surface area (Å²) in [4.78, 5) is 24.4. The van der Waals surface area contributed by atoms with E-state index in [2.05, 4.69) is 6.92 Å². The van der Waals surface area contributed by atoms with Crippen molar-refractivity contribution < 1.29 is 19.1 Å². The molecule has 1 rings (SSSR count). The molecule has 0 spiro atoms. The van der Waals surface area contributed by atoms with Crippen LogP contribution in [0.2, 0.25) is 0 Å². The van der Waals surface area contributed by atoms with Crippen molar-refractivity contribution in [3.63, 3.8) is 0 Å². The summed E-state index contributed by atoms with van der Waals surface area (Å²) in [5.74, 6) is -0.950. The second-order valence-electron chi connectivity index (χ2n) is 5.90. The van der Waals surface area contributed by atoms with Gasteiger partial charge in [0.1, 0.15) is 0 Å². The predicted octanol–water partition coefficient (Wildman–Crippen LogP) is 5.33. The molecule has 0 aromatic heterocycles. The fourth-order valence-corrected chi connectivity index (χ4v) is 2.37. The maximum Gasteiger partial charge on any atom is 0.339 e. The number of hydrogen-bond donors (Lipinski definition) is 0. The van der Waals surface area contributed by atoms with Crippen LogP contribution in [0.25, 0.3) is 0 Å². The van der Waals surface area contributed by atoms with E-state index in [-0.39, 0.29) is 11.1 Å². The molecule has 0 aliphatic rings. The van der Waals surface area contributed by atoms with E-state index >= 15 is 0 Å². The quantitative estimate of drug-likeness (QED) is 0.292. The van der Waals surface area contributed by atoms with E-state index in [1.165, 1.54) is 12.8 Å². The lowest BCUT2D eigenvalue weighted by molar-refractivity contribution is 0.0457. The van der Waals surface area contributed by atoms with E-state index in [0.717, 1.165) is 25.7 Å². The lowest BCUT2D eigenvalue weighted by Gasteiger charge is -2.09. The molecule has 0 unspecified atom stereocenters. The zero-order valence-electron chi connectivity index (χ0n) is 15.5. The SMILES string of the molecule is CC/C=C/CCOC(=O)c1ccccc1C(=O)OCCCCCCC. The highest BCUT2D eigenvalue weighted by Gasteiger charge is 2.18. The third-order valence-corrected chi connectivity index (χ3v) is 3.77. The van der Waals surface area contributed by atoms with E-state index < -0.39 is 11.9 Å².